The number of phenols is 2. The first-order valence-corrected chi connectivity index (χ1v) is 35.3. The molecular weight excluding hydrogens is 1340 g/mol. The third-order valence-corrected chi connectivity index (χ3v) is 18.2. The van der Waals surface area contributed by atoms with Gasteiger partial charge in [0.05, 0.1) is 0 Å². The van der Waals surface area contributed by atoms with Crippen molar-refractivity contribution in [2.45, 2.75) is 63.3 Å². The van der Waals surface area contributed by atoms with Gasteiger partial charge in [-0.1, -0.05) is 121 Å². The Morgan fingerprint density at radius 1 is 0.377 bits per heavy atom. The number of phenolic OH excluding ortho intramolecular Hbond substituents is 2. The molecule has 0 bridgehead atoms. The number of halogens is 3. The van der Waals surface area contributed by atoms with Gasteiger partial charge in [0.1, 0.15) is 58.4 Å². The van der Waals surface area contributed by atoms with Gasteiger partial charge < -0.3 is 80.3 Å². The van der Waals surface area contributed by atoms with Crippen molar-refractivity contribution >= 4 is 50.4 Å². The number of aromatic amines is 3. The zero-order valence-electron chi connectivity index (χ0n) is 58.5. The maximum Gasteiger partial charge on any atom is 0.268 e. The fraction of sp³-hybridized carbons (Fsp3) is 0.188. The second-order valence-corrected chi connectivity index (χ2v) is 26.0. The fourth-order valence-electron chi connectivity index (χ4n) is 12.6. The molecular formula is C85H89F3N12O6. The number of benzene rings is 10. The van der Waals surface area contributed by atoms with Gasteiger partial charge in [-0.25, -0.2) is 13.2 Å². The number of rotatable bonds is 27. The molecule has 3 atom stereocenters. The maximum atomic E-state index is 13.6. The molecule has 0 aliphatic rings. The van der Waals surface area contributed by atoms with Crippen LogP contribution in [0, 0.1) is 17.5 Å². The largest absolute Gasteiger partial charge is 0.508 e. The summed E-state index contributed by atoms with van der Waals surface area (Å²) in [6.07, 6.45) is 4.58. The van der Waals surface area contributed by atoms with Gasteiger partial charge in [0, 0.05) is 88.6 Å². The molecule has 10 aromatic carbocycles. The minimum Gasteiger partial charge on any atom is -0.508 e. The molecule has 0 unspecified atom stereocenters. The molecule has 0 saturated carbocycles. The number of hydrogen-bond acceptors (Lipinski definition) is 12. The lowest BCUT2D eigenvalue weighted by molar-refractivity contribution is 0.0939. The Hall–Kier alpha value is -11.8. The lowest BCUT2D eigenvalue weighted by Gasteiger charge is -2.13. The zero-order chi connectivity index (χ0) is 74.6. The van der Waals surface area contributed by atoms with Gasteiger partial charge >= 0.3 is 0 Å². The SMILES string of the molecule is NCCC[C@H](N)CNC(=O)c1[nH]c2ccc(-c3ccc(F)cc3)cc2c1-c1cccc(O)c1.NCCC[C@H](N)CNC(=O)c1[nH]c2ccc(-c3ccc(F)cc3)cc2c1-c1cccc(O)c1.NCCC[C@H](N)CNC(=O)c1[nH]c2ccc(-c3ccc(F)cc3)cc2c1-c1cccc(OCc2ccccc2)c1.[HH]. The number of ether oxygens (including phenoxy) is 1. The minimum atomic E-state index is -0.300. The smallest absolute Gasteiger partial charge is 0.268 e. The number of aromatic nitrogens is 3. The average molecular weight is 1430 g/mol. The highest BCUT2D eigenvalue weighted by Crippen LogP contribution is 2.40. The average Bonchev–Trinajstić information content (AvgIpc) is 1.63. The summed E-state index contributed by atoms with van der Waals surface area (Å²) in [4.78, 5) is 49.5. The maximum absolute atomic E-state index is 13.6. The Kier molecular flexibility index (Phi) is 25.6. The number of carbonyl (C=O) groups is 3. The van der Waals surface area contributed by atoms with Crippen molar-refractivity contribution in [1.29, 1.82) is 0 Å². The summed E-state index contributed by atoms with van der Waals surface area (Å²) in [6.45, 7) is 3.11. The third kappa shape index (κ3) is 19.3. The van der Waals surface area contributed by atoms with Crippen molar-refractivity contribution in [3.63, 3.8) is 0 Å². The molecule has 3 heterocycles. The van der Waals surface area contributed by atoms with Gasteiger partial charge in [0.15, 0.2) is 0 Å². The number of carbonyl (C=O) groups excluding carboxylic acids is 3. The van der Waals surface area contributed by atoms with E-state index in [0.717, 1.165) is 121 Å². The van der Waals surface area contributed by atoms with Crippen LogP contribution in [0.5, 0.6) is 17.2 Å². The fourth-order valence-corrected chi connectivity index (χ4v) is 12.6. The van der Waals surface area contributed by atoms with E-state index in [9.17, 15) is 37.8 Å². The van der Waals surface area contributed by atoms with Crippen molar-refractivity contribution in [2.24, 2.45) is 34.4 Å². The number of H-pyrrole nitrogens is 3. The van der Waals surface area contributed by atoms with Gasteiger partial charge in [0.2, 0.25) is 0 Å². The van der Waals surface area contributed by atoms with Crippen molar-refractivity contribution in [3.8, 4) is 84.0 Å². The highest BCUT2D eigenvalue weighted by Gasteiger charge is 2.25. The monoisotopic (exact) mass is 1430 g/mol. The first-order valence-electron chi connectivity index (χ1n) is 35.3. The summed E-state index contributed by atoms with van der Waals surface area (Å²) < 4.78 is 46.4. The van der Waals surface area contributed by atoms with E-state index in [-0.39, 0.29) is 66.2 Å². The number of aromatic hydroxyl groups is 2. The summed E-state index contributed by atoms with van der Waals surface area (Å²) in [5, 5.41) is 31.4. The molecule has 20 N–H and O–H groups in total. The predicted molar refractivity (Wildman–Crippen MR) is 419 cm³/mol. The minimum absolute atomic E-state index is 0. The Bertz CT molecular complexity index is 4930. The molecule has 13 rings (SSSR count). The normalized spacial score (nSPS) is 12.0. The molecule has 106 heavy (non-hydrogen) atoms. The molecule has 0 spiro atoms. The lowest BCUT2D eigenvalue weighted by atomic mass is 9.97. The first kappa shape index (κ1) is 75.3. The van der Waals surface area contributed by atoms with E-state index in [1.165, 1.54) is 36.4 Å². The first-order chi connectivity index (χ1) is 51.4. The third-order valence-electron chi connectivity index (χ3n) is 18.2. The van der Waals surface area contributed by atoms with E-state index in [4.69, 9.17) is 39.1 Å². The summed E-state index contributed by atoms with van der Waals surface area (Å²) in [5.74, 6) is -0.793. The molecule has 3 amide bonds. The Morgan fingerprint density at radius 3 is 1.03 bits per heavy atom. The van der Waals surface area contributed by atoms with Crippen LogP contribution in [0.4, 0.5) is 13.2 Å². The van der Waals surface area contributed by atoms with E-state index in [1.807, 2.05) is 121 Å². The van der Waals surface area contributed by atoms with Crippen LogP contribution in [-0.2, 0) is 6.61 Å². The van der Waals surface area contributed by atoms with Crippen LogP contribution >= 0.6 is 0 Å². The van der Waals surface area contributed by atoms with Crippen LogP contribution < -0.4 is 55.1 Å². The predicted octanol–water partition coefficient (Wildman–Crippen LogP) is 14.5. The molecule has 0 aliphatic carbocycles. The van der Waals surface area contributed by atoms with Crippen LogP contribution in [0.3, 0.4) is 0 Å². The number of fused-ring (bicyclic) bond motifs is 3. The van der Waals surface area contributed by atoms with Crippen molar-refractivity contribution in [2.75, 3.05) is 39.3 Å². The standard InChI is InChI=1S/C33H33FN4O2.2C26H27FN4O2.H2/c34-26-14-11-23(12-15-26)24-13-16-30-29(19-24)31(32(38-30)33(39)37-20-27(36)9-5-17-35)25-8-4-10-28(18-25)40-21-22-6-2-1-3-7-22;2*27-19-9-6-16(7-10-19)17-8-11-23-22(14-17)24(18-3-1-5-21(32)13-18)25(31-23)26(33)30-15-20(29)4-2-12-28;/h1-4,6-8,10-16,18-19,27,38H,5,9,17,20-21,35-36H2,(H,37,39);2*1,3,5-11,13-14,20,31-32H,2,4,12,15,28-29H2,(H,30,33);1H/t27-;2*20-;/m000./s1. The highest BCUT2D eigenvalue weighted by molar-refractivity contribution is 6.13. The van der Waals surface area contributed by atoms with Gasteiger partial charge in [-0.2, -0.15) is 0 Å². The van der Waals surface area contributed by atoms with Crippen molar-refractivity contribution < 1.29 is 43.9 Å². The van der Waals surface area contributed by atoms with Crippen molar-refractivity contribution in [3.05, 3.63) is 271 Å². The van der Waals surface area contributed by atoms with Gasteiger partial charge in [0.25, 0.3) is 17.7 Å². The highest BCUT2D eigenvalue weighted by atomic mass is 19.1. The topological polar surface area (TPSA) is 340 Å². The summed E-state index contributed by atoms with van der Waals surface area (Å²) >= 11 is 0. The quantitative estimate of drug-likeness (QED) is 0.0228. The van der Waals surface area contributed by atoms with Crippen LogP contribution in [0.2, 0.25) is 0 Å². The molecule has 0 fully saturated rings. The molecule has 18 nitrogen and oxygen atoms in total. The second-order valence-electron chi connectivity index (χ2n) is 26.0. The van der Waals surface area contributed by atoms with Gasteiger partial charge in [-0.3, -0.25) is 14.4 Å². The van der Waals surface area contributed by atoms with Crippen LogP contribution in [0.15, 0.2) is 231 Å². The molecule has 21 heteroatoms. The van der Waals surface area contributed by atoms with E-state index < -0.39 is 0 Å². The van der Waals surface area contributed by atoms with E-state index in [2.05, 4.69) is 30.9 Å². The Labute approximate surface area is 613 Å². The molecule has 546 valence electrons. The number of nitrogens with one attached hydrogen (secondary N) is 6. The Balaban J connectivity index is 0.000000172. The lowest BCUT2D eigenvalue weighted by Crippen LogP contribution is -2.37. The number of hydrogen-bond donors (Lipinski definition) is 14. The molecule has 13 aromatic rings. The van der Waals surface area contributed by atoms with Gasteiger partial charge in [-0.15, -0.1) is 0 Å². The molecule has 0 radical (unpaired) electrons. The summed E-state index contributed by atoms with van der Waals surface area (Å²) in [7, 11) is 0. The number of nitrogens with two attached hydrogens (primary N) is 6. The van der Waals surface area contributed by atoms with Crippen molar-refractivity contribution in [1.82, 2.24) is 30.9 Å². The molecule has 0 aliphatic heterocycles. The van der Waals surface area contributed by atoms with E-state index in [0.29, 0.717) is 91.0 Å². The van der Waals surface area contributed by atoms with Crippen LogP contribution in [0.25, 0.3) is 99.5 Å². The second kappa shape index (κ2) is 36.1. The number of amides is 3. The van der Waals surface area contributed by atoms with Gasteiger partial charge in [-0.05, 0) is 223 Å². The Morgan fingerprint density at radius 2 is 0.698 bits per heavy atom. The van der Waals surface area contributed by atoms with Crippen LogP contribution in [0.1, 0.15) is 77.0 Å². The van der Waals surface area contributed by atoms with E-state index in [1.54, 1.807) is 72.8 Å². The molecule has 0 saturated heterocycles. The zero-order valence-corrected chi connectivity index (χ0v) is 58.5. The summed E-state index contributed by atoms with van der Waals surface area (Å²) in [5.41, 5.74) is 49.3. The van der Waals surface area contributed by atoms with E-state index >= 15 is 0 Å². The summed E-state index contributed by atoms with van der Waals surface area (Å²) in [6, 6.07) is 67.1. The van der Waals surface area contributed by atoms with Crippen LogP contribution in [-0.4, -0.2) is 100 Å². The molecule has 3 aromatic heterocycles.